The first-order valence-electron chi connectivity index (χ1n) is 4.67. The lowest BCUT2D eigenvalue weighted by molar-refractivity contribution is 0.240. The highest BCUT2D eigenvalue weighted by atomic mass is 15.1. The average molecular weight is 188 g/mol. The molecule has 2 heteroatoms. The Morgan fingerprint density at radius 1 is 1.29 bits per heavy atom. The molecule has 1 aromatic carbocycles. The lowest BCUT2D eigenvalue weighted by Crippen LogP contribution is -2.37. The number of hydrogen-bond acceptors (Lipinski definition) is 2. The van der Waals surface area contributed by atoms with E-state index in [4.69, 9.17) is 0 Å². The molecule has 2 nitrogen and oxygen atoms in total. The van der Waals surface area contributed by atoms with Crippen molar-refractivity contribution in [2.45, 2.75) is 19.4 Å². The Balaban J connectivity index is 3.28. The van der Waals surface area contributed by atoms with Gasteiger partial charge in [0.15, 0.2) is 0 Å². The first-order chi connectivity index (χ1) is 6.52. The quantitative estimate of drug-likeness (QED) is 0.712. The SMILES string of the molecule is Cc1ccccc1C(C)(C#N)N(C)C. The van der Waals surface area contributed by atoms with E-state index in [0.29, 0.717) is 0 Å². The third-order valence-electron chi connectivity index (χ3n) is 2.78. The summed E-state index contributed by atoms with van der Waals surface area (Å²) in [6, 6.07) is 10.4. The highest BCUT2D eigenvalue weighted by Crippen LogP contribution is 2.27. The summed E-state index contributed by atoms with van der Waals surface area (Å²) < 4.78 is 0. The lowest BCUT2D eigenvalue weighted by Gasteiger charge is -2.31. The van der Waals surface area contributed by atoms with Crippen LogP contribution in [0.4, 0.5) is 0 Å². The fourth-order valence-corrected chi connectivity index (χ4v) is 1.52. The van der Waals surface area contributed by atoms with Crippen LogP contribution in [-0.4, -0.2) is 19.0 Å². The molecule has 1 unspecified atom stereocenters. The van der Waals surface area contributed by atoms with Crippen LogP contribution < -0.4 is 0 Å². The Kier molecular flexibility index (Phi) is 2.93. The molecule has 1 atom stereocenters. The molecule has 0 saturated carbocycles. The van der Waals surface area contributed by atoms with Gasteiger partial charge in [-0.1, -0.05) is 24.3 Å². The average Bonchev–Trinajstić information content (AvgIpc) is 2.17. The number of benzene rings is 1. The van der Waals surface area contributed by atoms with Crippen LogP contribution in [0.3, 0.4) is 0 Å². The monoisotopic (exact) mass is 188 g/mol. The zero-order valence-electron chi connectivity index (χ0n) is 9.20. The fourth-order valence-electron chi connectivity index (χ4n) is 1.52. The van der Waals surface area contributed by atoms with Gasteiger partial charge in [0.05, 0.1) is 6.07 Å². The smallest absolute Gasteiger partial charge is 0.131 e. The Labute approximate surface area is 85.8 Å². The van der Waals surface area contributed by atoms with E-state index < -0.39 is 5.54 Å². The van der Waals surface area contributed by atoms with Crippen molar-refractivity contribution in [3.63, 3.8) is 0 Å². The Hall–Kier alpha value is -1.33. The maximum Gasteiger partial charge on any atom is 0.131 e. The molecule has 0 aromatic heterocycles. The van der Waals surface area contributed by atoms with Crippen LogP contribution in [0, 0.1) is 18.3 Å². The van der Waals surface area contributed by atoms with Crippen molar-refractivity contribution in [2.24, 2.45) is 0 Å². The highest BCUT2D eigenvalue weighted by molar-refractivity contribution is 5.36. The summed E-state index contributed by atoms with van der Waals surface area (Å²) in [5.74, 6) is 0. The van der Waals surface area contributed by atoms with Crippen LogP contribution >= 0.6 is 0 Å². The molecule has 0 amide bonds. The Morgan fingerprint density at radius 3 is 2.29 bits per heavy atom. The standard InChI is InChI=1S/C12H16N2/c1-10-7-5-6-8-11(10)12(2,9-13)14(3)4/h5-8H,1-4H3. The number of rotatable bonds is 2. The zero-order valence-corrected chi connectivity index (χ0v) is 9.20. The van der Waals surface area contributed by atoms with Crippen molar-refractivity contribution >= 4 is 0 Å². The van der Waals surface area contributed by atoms with Crippen LogP contribution in [0.25, 0.3) is 0 Å². The summed E-state index contributed by atoms with van der Waals surface area (Å²) in [7, 11) is 3.85. The first kappa shape index (κ1) is 10.7. The molecule has 1 rings (SSSR count). The van der Waals surface area contributed by atoms with Gasteiger partial charge >= 0.3 is 0 Å². The van der Waals surface area contributed by atoms with Crippen molar-refractivity contribution in [1.29, 1.82) is 5.26 Å². The largest absolute Gasteiger partial charge is 0.288 e. The molecule has 0 radical (unpaired) electrons. The summed E-state index contributed by atoms with van der Waals surface area (Å²) in [5, 5.41) is 9.24. The minimum absolute atomic E-state index is 0.536. The van der Waals surface area contributed by atoms with Gasteiger partial charge < -0.3 is 0 Å². The lowest BCUT2D eigenvalue weighted by atomic mass is 9.89. The summed E-state index contributed by atoms with van der Waals surface area (Å²) in [6.45, 7) is 3.98. The van der Waals surface area contributed by atoms with E-state index in [1.807, 2.05) is 57.1 Å². The zero-order chi connectivity index (χ0) is 10.8. The van der Waals surface area contributed by atoms with E-state index in [-0.39, 0.29) is 0 Å². The van der Waals surface area contributed by atoms with E-state index in [9.17, 15) is 5.26 Å². The maximum absolute atomic E-state index is 9.24. The molecule has 0 fully saturated rings. The van der Waals surface area contributed by atoms with Gasteiger partial charge in [-0.25, -0.2) is 0 Å². The van der Waals surface area contributed by atoms with Gasteiger partial charge in [0.25, 0.3) is 0 Å². The molecule has 74 valence electrons. The Bertz CT molecular complexity index is 363. The highest BCUT2D eigenvalue weighted by Gasteiger charge is 2.29. The molecule has 0 heterocycles. The van der Waals surface area contributed by atoms with Crippen LogP contribution in [0.1, 0.15) is 18.1 Å². The topological polar surface area (TPSA) is 27.0 Å². The van der Waals surface area contributed by atoms with Crippen LogP contribution in [0.2, 0.25) is 0 Å². The minimum atomic E-state index is -0.536. The van der Waals surface area contributed by atoms with Gasteiger partial charge in [0, 0.05) is 0 Å². The van der Waals surface area contributed by atoms with E-state index in [0.717, 1.165) is 11.1 Å². The molecule has 0 N–H and O–H groups in total. The molecule has 0 aliphatic rings. The summed E-state index contributed by atoms with van der Waals surface area (Å²) in [6.07, 6.45) is 0. The summed E-state index contributed by atoms with van der Waals surface area (Å²) >= 11 is 0. The molecule has 1 aromatic rings. The number of nitrogens with zero attached hydrogens (tertiary/aromatic N) is 2. The van der Waals surface area contributed by atoms with Crippen molar-refractivity contribution in [3.8, 4) is 6.07 Å². The normalized spacial score (nSPS) is 14.9. The van der Waals surface area contributed by atoms with Crippen molar-refractivity contribution in [3.05, 3.63) is 35.4 Å². The first-order valence-corrected chi connectivity index (χ1v) is 4.67. The number of hydrogen-bond donors (Lipinski definition) is 0. The fraction of sp³-hybridized carbons (Fsp3) is 0.417. The van der Waals surface area contributed by atoms with E-state index >= 15 is 0 Å². The van der Waals surface area contributed by atoms with Gasteiger partial charge in [0.2, 0.25) is 0 Å². The molecule has 0 aliphatic carbocycles. The summed E-state index contributed by atoms with van der Waals surface area (Å²) in [5.41, 5.74) is 1.70. The molecular weight excluding hydrogens is 172 g/mol. The number of nitriles is 1. The third-order valence-corrected chi connectivity index (χ3v) is 2.78. The second-order valence-electron chi connectivity index (χ2n) is 3.89. The minimum Gasteiger partial charge on any atom is -0.288 e. The van der Waals surface area contributed by atoms with E-state index in [1.54, 1.807) is 0 Å². The molecule has 0 spiro atoms. The van der Waals surface area contributed by atoms with Gasteiger partial charge in [-0.2, -0.15) is 5.26 Å². The third kappa shape index (κ3) is 1.64. The Morgan fingerprint density at radius 2 is 1.86 bits per heavy atom. The predicted octanol–water partition coefficient (Wildman–Crippen LogP) is 2.30. The van der Waals surface area contributed by atoms with Crippen LogP contribution in [-0.2, 0) is 5.54 Å². The van der Waals surface area contributed by atoms with Crippen molar-refractivity contribution in [1.82, 2.24) is 4.90 Å². The van der Waals surface area contributed by atoms with Crippen LogP contribution in [0.15, 0.2) is 24.3 Å². The number of aryl methyl sites for hydroxylation is 1. The van der Waals surface area contributed by atoms with Crippen molar-refractivity contribution < 1.29 is 0 Å². The second-order valence-corrected chi connectivity index (χ2v) is 3.89. The van der Waals surface area contributed by atoms with Gasteiger partial charge in [-0.15, -0.1) is 0 Å². The molecule has 0 saturated heterocycles. The van der Waals surface area contributed by atoms with Gasteiger partial charge in [-0.3, -0.25) is 4.90 Å². The molecule has 0 bridgehead atoms. The summed E-state index contributed by atoms with van der Waals surface area (Å²) in [4.78, 5) is 1.94. The maximum atomic E-state index is 9.24. The van der Waals surface area contributed by atoms with Crippen molar-refractivity contribution in [2.75, 3.05) is 14.1 Å². The van der Waals surface area contributed by atoms with E-state index in [1.165, 1.54) is 0 Å². The molecule has 0 aliphatic heterocycles. The van der Waals surface area contributed by atoms with Crippen LogP contribution in [0.5, 0.6) is 0 Å². The molecular formula is C12H16N2. The van der Waals surface area contributed by atoms with Gasteiger partial charge in [0.1, 0.15) is 5.54 Å². The molecule has 14 heavy (non-hydrogen) atoms. The van der Waals surface area contributed by atoms with Gasteiger partial charge in [-0.05, 0) is 39.1 Å². The van der Waals surface area contributed by atoms with E-state index in [2.05, 4.69) is 6.07 Å². The second kappa shape index (κ2) is 3.81. The predicted molar refractivity (Wildman–Crippen MR) is 57.8 cm³/mol.